The minimum atomic E-state index is -4.32. The summed E-state index contributed by atoms with van der Waals surface area (Å²) in [6.45, 7) is -1.07. The normalized spacial score (nSPS) is 11.6. The van der Waals surface area contributed by atoms with E-state index >= 15 is 0 Å². The van der Waals surface area contributed by atoms with E-state index in [0.717, 1.165) is 16.7 Å². The second kappa shape index (κ2) is 6.54. The fourth-order valence-corrected chi connectivity index (χ4v) is 1.71. The van der Waals surface area contributed by atoms with E-state index in [2.05, 4.69) is 10.3 Å². The highest BCUT2D eigenvalue weighted by molar-refractivity contribution is 5.63. The summed E-state index contributed by atoms with van der Waals surface area (Å²) in [4.78, 5) is 4.34. The van der Waals surface area contributed by atoms with Crippen LogP contribution in [0.4, 0.5) is 13.2 Å². The molecule has 0 fully saturated rings. The molecule has 5 heteroatoms. The molecule has 20 heavy (non-hydrogen) atoms. The lowest BCUT2D eigenvalue weighted by Gasteiger charge is -2.09. The first-order valence-electron chi connectivity index (χ1n) is 6.10. The van der Waals surface area contributed by atoms with Crippen LogP contribution in [0.1, 0.15) is 5.56 Å². The fraction of sp³-hybridized carbons (Fsp3) is 0.200. The van der Waals surface area contributed by atoms with E-state index in [1.165, 1.54) is 0 Å². The molecule has 0 atom stereocenters. The van der Waals surface area contributed by atoms with E-state index in [9.17, 15) is 13.2 Å². The van der Waals surface area contributed by atoms with Gasteiger partial charge < -0.3 is 0 Å². The standard InChI is InChI=1S/C15H14F3NO/c16-15(17,18)11-20-19-10-12-6-8-14(9-7-12)13-4-2-1-3-5-13/h1-9,19H,10-11H2. The predicted octanol–water partition coefficient (Wildman–Crippen LogP) is 3.94. The number of alkyl halides is 3. The van der Waals surface area contributed by atoms with Gasteiger partial charge >= 0.3 is 6.18 Å². The van der Waals surface area contributed by atoms with Gasteiger partial charge in [-0.15, -0.1) is 0 Å². The van der Waals surface area contributed by atoms with Gasteiger partial charge in [0.05, 0.1) is 0 Å². The molecule has 0 aliphatic heterocycles. The fourth-order valence-electron chi connectivity index (χ4n) is 1.71. The first-order valence-corrected chi connectivity index (χ1v) is 6.10. The maximum atomic E-state index is 11.9. The minimum Gasteiger partial charge on any atom is -0.292 e. The smallest absolute Gasteiger partial charge is 0.292 e. The number of benzene rings is 2. The molecule has 0 aliphatic carbocycles. The zero-order valence-electron chi connectivity index (χ0n) is 10.7. The molecule has 0 amide bonds. The Kier molecular flexibility index (Phi) is 4.76. The van der Waals surface area contributed by atoms with Crippen molar-refractivity contribution < 1.29 is 18.0 Å². The van der Waals surface area contributed by atoms with Crippen LogP contribution in [-0.4, -0.2) is 12.8 Å². The summed E-state index contributed by atoms with van der Waals surface area (Å²) in [5, 5.41) is 0. The highest BCUT2D eigenvalue weighted by Gasteiger charge is 2.27. The Morgan fingerprint density at radius 2 is 1.45 bits per heavy atom. The molecule has 0 saturated carbocycles. The van der Waals surface area contributed by atoms with Gasteiger partial charge in [0.2, 0.25) is 0 Å². The SMILES string of the molecule is FC(F)(F)CONCc1ccc(-c2ccccc2)cc1. The van der Waals surface area contributed by atoms with Gasteiger partial charge in [-0.25, -0.2) is 0 Å². The van der Waals surface area contributed by atoms with Crippen LogP contribution in [0, 0.1) is 0 Å². The van der Waals surface area contributed by atoms with Crippen molar-refractivity contribution in [2.24, 2.45) is 0 Å². The number of nitrogens with one attached hydrogen (secondary N) is 1. The summed E-state index contributed by atoms with van der Waals surface area (Å²) in [7, 11) is 0. The molecule has 0 aromatic heterocycles. The van der Waals surface area contributed by atoms with E-state index in [1.807, 2.05) is 54.6 Å². The molecule has 0 saturated heterocycles. The van der Waals surface area contributed by atoms with Gasteiger partial charge in [-0.05, 0) is 16.7 Å². The van der Waals surface area contributed by atoms with Crippen molar-refractivity contribution in [2.75, 3.05) is 6.61 Å². The molecular weight excluding hydrogens is 267 g/mol. The highest BCUT2D eigenvalue weighted by Crippen LogP contribution is 2.19. The van der Waals surface area contributed by atoms with Crippen LogP contribution in [0.5, 0.6) is 0 Å². The maximum absolute atomic E-state index is 11.9. The Balaban J connectivity index is 1.86. The zero-order chi connectivity index (χ0) is 14.4. The van der Waals surface area contributed by atoms with E-state index in [1.54, 1.807) is 0 Å². The van der Waals surface area contributed by atoms with Gasteiger partial charge in [0, 0.05) is 6.54 Å². The van der Waals surface area contributed by atoms with Crippen molar-refractivity contribution in [3.05, 3.63) is 60.2 Å². The third-order valence-corrected chi connectivity index (χ3v) is 2.68. The zero-order valence-corrected chi connectivity index (χ0v) is 10.7. The molecule has 0 radical (unpaired) electrons. The first-order chi connectivity index (χ1) is 9.54. The summed E-state index contributed by atoms with van der Waals surface area (Å²) >= 11 is 0. The molecule has 2 nitrogen and oxygen atoms in total. The van der Waals surface area contributed by atoms with Crippen molar-refractivity contribution in [2.45, 2.75) is 12.7 Å². The summed E-state index contributed by atoms with van der Waals surface area (Å²) in [5.41, 5.74) is 5.31. The largest absolute Gasteiger partial charge is 0.413 e. The van der Waals surface area contributed by atoms with Crippen molar-refractivity contribution in [3.8, 4) is 11.1 Å². The lowest BCUT2D eigenvalue weighted by Crippen LogP contribution is -2.24. The Morgan fingerprint density at radius 1 is 0.850 bits per heavy atom. The highest BCUT2D eigenvalue weighted by atomic mass is 19.4. The lowest BCUT2D eigenvalue weighted by molar-refractivity contribution is -0.190. The molecular formula is C15H14F3NO. The Hall–Kier alpha value is -1.85. The number of hydrogen-bond donors (Lipinski definition) is 1. The Bertz CT molecular complexity index is 523. The van der Waals surface area contributed by atoms with E-state index in [-0.39, 0.29) is 6.54 Å². The molecule has 2 aromatic rings. The van der Waals surface area contributed by atoms with E-state index in [4.69, 9.17) is 0 Å². The molecule has 0 heterocycles. The molecule has 106 valence electrons. The molecule has 2 aromatic carbocycles. The Morgan fingerprint density at radius 3 is 2.05 bits per heavy atom. The van der Waals surface area contributed by atoms with Crippen molar-refractivity contribution in [1.82, 2.24) is 5.48 Å². The summed E-state index contributed by atoms with van der Waals surface area (Å²) in [6.07, 6.45) is -4.32. The first kappa shape index (κ1) is 14.6. The number of hydroxylamine groups is 1. The molecule has 2 rings (SSSR count). The van der Waals surface area contributed by atoms with E-state index < -0.39 is 12.8 Å². The number of halogens is 3. The molecule has 0 aliphatic rings. The van der Waals surface area contributed by atoms with Crippen LogP contribution in [0.3, 0.4) is 0 Å². The average molecular weight is 281 g/mol. The third-order valence-electron chi connectivity index (χ3n) is 2.68. The monoisotopic (exact) mass is 281 g/mol. The quantitative estimate of drug-likeness (QED) is 0.662. The third kappa shape index (κ3) is 4.68. The van der Waals surface area contributed by atoms with Gasteiger partial charge in [0.1, 0.15) is 0 Å². The van der Waals surface area contributed by atoms with Crippen LogP contribution in [-0.2, 0) is 11.4 Å². The number of hydrogen-bond acceptors (Lipinski definition) is 2. The molecule has 1 N–H and O–H groups in total. The Labute approximate surface area is 115 Å². The minimum absolute atomic E-state index is 0.227. The molecule has 0 bridgehead atoms. The van der Waals surface area contributed by atoms with Crippen molar-refractivity contribution >= 4 is 0 Å². The summed E-state index contributed by atoms with van der Waals surface area (Å²) in [5.74, 6) is 0. The van der Waals surface area contributed by atoms with Crippen LogP contribution in [0.25, 0.3) is 11.1 Å². The van der Waals surface area contributed by atoms with Gasteiger partial charge in [-0.1, -0.05) is 54.6 Å². The molecule has 0 unspecified atom stereocenters. The van der Waals surface area contributed by atoms with Crippen LogP contribution < -0.4 is 5.48 Å². The summed E-state index contributed by atoms with van der Waals surface area (Å²) in [6, 6.07) is 17.4. The maximum Gasteiger partial charge on any atom is 0.413 e. The predicted molar refractivity (Wildman–Crippen MR) is 70.7 cm³/mol. The van der Waals surface area contributed by atoms with Gasteiger partial charge in [-0.2, -0.15) is 18.7 Å². The van der Waals surface area contributed by atoms with Crippen LogP contribution in [0.2, 0.25) is 0 Å². The summed E-state index contributed by atoms with van der Waals surface area (Å²) < 4.78 is 35.6. The number of rotatable bonds is 5. The van der Waals surface area contributed by atoms with Gasteiger partial charge in [0.15, 0.2) is 6.61 Å². The second-order valence-electron chi connectivity index (χ2n) is 4.29. The van der Waals surface area contributed by atoms with E-state index in [0.29, 0.717) is 0 Å². The van der Waals surface area contributed by atoms with Crippen LogP contribution in [0.15, 0.2) is 54.6 Å². The average Bonchev–Trinajstić information content (AvgIpc) is 2.44. The topological polar surface area (TPSA) is 21.3 Å². The molecule has 0 spiro atoms. The van der Waals surface area contributed by atoms with Crippen molar-refractivity contribution in [3.63, 3.8) is 0 Å². The van der Waals surface area contributed by atoms with Crippen molar-refractivity contribution in [1.29, 1.82) is 0 Å². The lowest BCUT2D eigenvalue weighted by atomic mass is 10.0. The second-order valence-corrected chi connectivity index (χ2v) is 4.29. The van der Waals surface area contributed by atoms with Crippen LogP contribution >= 0.6 is 0 Å². The van der Waals surface area contributed by atoms with Gasteiger partial charge in [0.25, 0.3) is 0 Å². The van der Waals surface area contributed by atoms with Gasteiger partial charge in [-0.3, -0.25) is 4.84 Å².